The normalized spacial score (nSPS) is 13.1. The Morgan fingerprint density at radius 3 is 2.89 bits per heavy atom. The maximum atomic E-state index is 13.1. The quantitative estimate of drug-likeness (QED) is 0.688. The highest BCUT2D eigenvalue weighted by Gasteiger charge is 2.27. The van der Waals surface area contributed by atoms with E-state index in [1.165, 1.54) is 11.8 Å². The van der Waals surface area contributed by atoms with E-state index in [1.807, 2.05) is 38.1 Å². The molecule has 0 unspecified atom stereocenters. The van der Waals surface area contributed by atoms with Crippen molar-refractivity contribution in [1.29, 1.82) is 0 Å². The van der Waals surface area contributed by atoms with Gasteiger partial charge in [0.25, 0.3) is 5.91 Å². The van der Waals surface area contributed by atoms with Gasteiger partial charge in [-0.05, 0) is 44.5 Å². The average Bonchev–Trinajstić information content (AvgIpc) is 2.80. The molecule has 148 valence electrons. The number of carbonyl (C=O) groups is 2. The van der Waals surface area contributed by atoms with Crippen molar-refractivity contribution in [3.05, 3.63) is 48.2 Å². The molecule has 1 aromatic carbocycles. The van der Waals surface area contributed by atoms with Crippen molar-refractivity contribution in [2.45, 2.75) is 42.7 Å². The summed E-state index contributed by atoms with van der Waals surface area (Å²) in [5, 5.41) is 3.59. The van der Waals surface area contributed by atoms with Crippen molar-refractivity contribution in [3.8, 4) is 0 Å². The van der Waals surface area contributed by atoms with Crippen molar-refractivity contribution < 1.29 is 14.3 Å². The molecule has 1 aliphatic heterocycles. The molecule has 0 radical (unpaired) electrons. The minimum atomic E-state index is -0.126. The molecule has 0 saturated heterocycles. The molecular weight excluding hydrogens is 374 g/mol. The number of ether oxygens (including phenoxy) is 1. The maximum Gasteiger partial charge on any atom is 0.261 e. The highest BCUT2D eigenvalue weighted by Crippen LogP contribution is 2.39. The first-order valence-electron chi connectivity index (χ1n) is 9.48. The molecule has 2 heterocycles. The Balaban J connectivity index is 1.64. The minimum absolute atomic E-state index is 0.0712. The number of amides is 2. The molecular formula is C21H25N3O3S. The van der Waals surface area contributed by atoms with Crippen LogP contribution in [0.15, 0.2) is 52.5 Å². The number of nitrogens with one attached hydrogen (secondary N) is 1. The Labute approximate surface area is 169 Å². The number of fused-ring (bicyclic) bond motifs is 2. The lowest BCUT2D eigenvalue weighted by molar-refractivity contribution is -0.120. The zero-order valence-electron chi connectivity index (χ0n) is 16.2. The van der Waals surface area contributed by atoms with E-state index in [0.717, 1.165) is 17.0 Å². The van der Waals surface area contributed by atoms with Crippen LogP contribution in [0.3, 0.4) is 0 Å². The molecule has 3 rings (SSSR count). The van der Waals surface area contributed by atoms with Crippen LogP contribution in [0.5, 0.6) is 0 Å². The number of carbonyl (C=O) groups excluding carboxylic acids is 2. The first-order valence-corrected chi connectivity index (χ1v) is 10.3. The summed E-state index contributed by atoms with van der Waals surface area (Å²) in [5.41, 5.74) is 1.38. The molecule has 2 aromatic rings. The Kier molecular flexibility index (Phi) is 7.06. The third-order valence-electron chi connectivity index (χ3n) is 4.27. The van der Waals surface area contributed by atoms with E-state index in [-0.39, 0.29) is 24.3 Å². The highest BCUT2D eigenvalue weighted by atomic mass is 32.2. The maximum absolute atomic E-state index is 13.1. The second kappa shape index (κ2) is 9.71. The number of anilines is 1. The smallest absolute Gasteiger partial charge is 0.261 e. The average molecular weight is 400 g/mol. The Bertz CT molecular complexity index is 841. The molecule has 0 spiro atoms. The summed E-state index contributed by atoms with van der Waals surface area (Å²) in [6.45, 7) is 5.48. The van der Waals surface area contributed by atoms with Crippen LogP contribution in [0.1, 0.15) is 37.0 Å². The standard InChI is InChI=1S/C21H25N3O3S/c1-15(2)27-14-6-12-22-19(25)10-13-24-17-8-3-4-9-18(17)28-20-16(21(24)26)7-5-11-23-20/h3-5,7-9,11,15H,6,10,12-14H2,1-2H3,(H,22,25). The zero-order chi connectivity index (χ0) is 19.9. The lowest BCUT2D eigenvalue weighted by atomic mass is 10.2. The first-order chi connectivity index (χ1) is 13.6. The van der Waals surface area contributed by atoms with Gasteiger partial charge in [0.2, 0.25) is 5.91 Å². The van der Waals surface area contributed by atoms with E-state index in [2.05, 4.69) is 10.3 Å². The monoisotopic (exact) mass is 399 g/mol. The number of para-hydroxylation sites is 1. The lowest BCUT2D eigenvalue weighted by Crippen LogP contribution is -2.35. The topological polar surface area (TPSA) is 71.5 Å². The third-order valence-corrected chi connectivity index (χ3v) is 5.35. The van der Waals surface area contributed by atoms with Gasteiger partial charge in [0.05, 0.1) is 17.4 Å². The number of pyridine rings is 1. The highest BCUT2D eigenvalue weighted by molar-refractivity contribution is 7.99. The molecule has 1 aliphatic rings. The molecule has 1 N–H and O–H groups in total. The van der Waals surface area contributed by atoms with E-state index < -0.39 is 0 Å². The summed E-state index contributed by atoms with van der Waals surface area (Å²) in [5.74, 6) is -0.197. The van der Waals surface area contributed by atoms with Crippen LogP contribution in [-0.4, -0.2) is 42.6 Å². The largest absolute Gasteiger partial charge is 0.379 e. The molecule has 28 heavy (non-hydrogen) atoms. The van der Waals surface area contributed by atoms with Gasteiger partial charge < -0.3 is 15.0 Å². The van der Waals surface area contributed by atoms with Crippen molar-refractivity contribution in [3.63, 3.8) is 0 Å². The molecule has 0 aliphatic carbocycles. The second-order valence-electron chi connectivity index (χ2n) is 6.76. The fourth-order valence-electron chi connectivity index (χ4n) is 2.90. The van der Waals surface area contributed by atoms with Gasteiger partial charge >= 0.3 is 0 Å². The minimum Gasteiger partial charge on any atom is -0.379 e. The zero-order valence-corrected chi connectivity index (χ0v) is 17.0. The summed E-state index contributed by atoms with van der Waals surface area (Å²) in [6, 6.07) is 11.3. The van der Waals surface area contributed by atoms with Crippen LogP contribution in [0.2, 0.25) is 0 Å². The van der Waals surface area contributed by atoms with E-state index >= 15 is 0 Å². The third kappa shape index (κ3) is 5.11. The van der Waals surface area contributed by atoms with E-state index in [1.54, 1.807) is 23.2 Å². The number of rotatable bonds is 8. The van der Waals surface area contributed by atoms with Gasteiger partial charge in [0.15, 0.2) is 0 Å². The van der Waals surface area contributed by atoms with Gasteiger partial charge in [-0.15, -0.1) is 0 Å². The van der Waals surface area contributed by atoms with Gasteiger partial charge in [-0.2, -0.15) is 0 Å². The number of aromatic nitrogens is 1. The Morgan fingerprint density at radius 1 is 1.25 bits per heavy atom. The molecule has 0 atom stereocenters. The van der Waals surface area contributed by atoms with Gasteiger partial charge in [0, 0.05) is 37.2 Å². The fourth-order valence-corrected chi connectivity index (χ4v) is 3.92. The van der Waals surface area contributed by atoms with Crippen LogP contribution in [0.4, 0.5) is 5.69 Å². The van der Waals surface area contributed by atoms with Crippen molar-refractivity contribution in [2.75, 3.05) is 24.6 Å². The number of hydrogen-bond donors (Lipinski definition) is 1. The summed E-state index contributed by atoms with van der Waals surface area (Å²) in [6.07, 6.45) is 2.89. The van der Waals surface area contributed by atoms with Gasteiger partial charge in [0.1, 0.15) is 5.03 Å². The van der Waals surface area contributed by atoms with Crippen molar-refractivity contribution >= 4 is 29.3 Å². The summed E-state index contributed by atoms with van der Waals surface area (Å²) >= 11 is 1.48. The van der Waals surface area contributed by atoms with E-state index in [0.29, 0.717) is 30.3 Å². The molecule has 0 saturated carbocycles. The van der Waals surface area contributed by atoms with Crippen LogP contribution < -0.4 is 10.2 Å². The Morgan fingerprint density at radius 2 is 2.07 bits per heavy atom. The Hall–Kier alpha value is -2.38. The summed E-state index contributed by atoms with van der Waals surface area (Å²) in [4.78, 5) is 32.3. The fraction of sp³-hybridized carbons (Fsp3) is 0.381. The number of hydrogen-bond acceptors (Lipinski definition) is 5. The van der Waals surface area contributed by atoms with E-state index in [9.17, 15) is 9.59 Å². The molecule has 2 amide bonds. The summed E-state index contributed by atoms with van der Waals surface area (Å²) < 4.78 is 5.47. The first kappa shape index (κ1) is 20.4. The summed E-state index contributed by atoms with van der Waals surface area (Å²) in [7, 11) is 0. The molecule has 0 bridgehead atoms. The molecule has 6 nitrogen and oxygen atoms in total. The number of benzene rings is 1. The lowest BCUT2D eigenvalue weighted by Gasteiger charge is -2.22. The van der Waals surface area contributed by atoms with Crippen LogP contribution in [0, 0.1) is 0 Å². The van der Waals surface area contributed by atoms with Crippen LogP contribution >= 0.6 is 11.8 Å². The SMILES string of the molecule is CC(C)OCCCNC(=O)CCN1C(=O)c2cccnc2Sc2ccccc21. The van der Waals surface area contributed by atoms with Crippen molar-refractivity contribution in [2.24, 2.45) is 0 Å². The molecule has 0 fully saturated rings. The van der Waals surface area contributed by atoms with Gasteiger partial charge in [-0.1, -0.05) is 23.9 Å². The van der Waals surface area contributed by atoms with Gasteiger partial charge in [-0.25, -0.2) is 4.98 Å². The van der Waals surface area contributed by atoms with Crippen LogP contribution in [-0.2, 0) is 9.53 Å². The molecule has 1 aromatic heterocycles. The predicted octanol–water partition coefficient (Wildman–Crippen LogP) is 3.51. The number of nitrogens with zero attached hydrogens (tertiary/aromatic N) is 2. The molecule has 7 heteroatoms. The van der Waals surface area contributed by atoms with E-state index in [4.69, 9.17) is 4.74 Å². The second-order valence-corrected chi connectivity index (χ2v) is 7.79. The van der Waals surface area contributed by atoms with Crippen LogP contribution in [0.25, 0.3) is 0 Å². The van der Waals surface area contributed by atoms with Crippen molar-refractivity contribution in [1.82, 2.24) is 10.3 Å². The predicted molar refractivity (Wildman–Crippen MR) is 110 cm³/mol. The van der Waals surface area contributed by atoms with Gasteiger partial charge in [-0.3, -0.25) is 9.59 Å².